The number of carbonyl (C=O) groups excluding carboxylic acids is 1. The highest BCUT2D eigenvalue weighted by Crippen LogP contribution is 2.38. The van der Waals surface area contributed by atoms with Crippen LogP contribution in [0.1, 0.15) is 18.7 Å². The van der Waals surface area contributed by atoms with Crippen molar-refractivity contribution in [1.82, 2.24) is 10.1 Å². The van der Waals surface area contributed by atoms with Crippen molar-refractivity contribution < 1.29 is 23.5 Å². The Morgan fingerprint density at radius 3 is 2.72 bits per heavy atom. The highest BCUT2D eigenvalue weighted by molar-refractivity contribution is 5.94. The predicted molar refractivity (Wildman–Crippen MR) is 105 cm³/mol. The number of nitrogens with one attached hydrogen (secondary N) is 1. The molecule has 0 saturated heterocycles. The average molecular weight is 396 g/mol. The smallest absolute Gasteiger partial charge is 0.231 e. The first kappa shape index (κ1) is 18.6. The van der Waals surface area contributed by atoms with Gasteiger partial charge in [-0.1, -0.05) is 5.16 Å². The van der Waals surface area contributed by atoms with Crippen LogP contribution in [0.5, 0.6) is 17.2 Å². The molecule has 0 spiro atoms. The molecule has 1 aliphatic rings. The zero-order valence-corrected chi connectivity index (χ0v) is 15.8. The lowest BCUT2D eigenvalue weighted by Crippen LogP contribution is -2.13. The molecule has 0 unspecified atom stereocenters. The van der Waals surface area contributed by atoms with Crippen LogP contribution < -0.4 is 25.3 Å². The minimum absolute atomic E-state index is 0.148. The maximum absolute atomic E-state index is 12.2. The number of amides is 1. The van der Waals surface area contributed by atoms with E-state index in [4.69, 9.17) is 24.5 Å². The van der Waals surface area contributed by atoms with E-state index in [9.17, 15) is 4.79 Å². The zero-order valence-electron chi connectivity index (χ0n) is 15.8. The van der Waals surface area contributed by atoms with Gasteiger partial charge in [0, 0.05) is 30.5 Å². The number of ether oxygens (including phenoxy) is 3. The number of benzene rings is 2. The van der Waals surface area contributed by atoms with Crippen LogP contribution >= 0.6 is 0 Å². The molecule has 0 saturated carbocycles. The second kappa shape index (κ2) is 8.09. The van der Waals surface area contributed by atoms with E-state index >= 15 is 0 Å². The van der Waals surface area contributed by atoms with Crippen LogP contribution in [0.4, 0.5) is 11.4 Å². The van der Waals surface area contributed by atoms with Crippen LogP contribution in [0.3, 0.4) is 0 Å². The first-order valence-electron chi connectivity index (χ1n) is 9.08. The highest BCUT2D eigenvalue weighted by atomic mass is 16.7. The summed E-state index contributed by atoms with van der Waals surface area (Å²) >= 11 is 0. The first-order valence-corrected chi connectivity index (χ1v) is 9.08. The largest absolute Gasteiger partial charge is 0.497 e. The summed E-state index contributed by atoms with van der Waals surface area (Å²) in [6.07, 6.45) is 1.34. The summed E-state index contributed by atoms with van der Waals surface area (Å²) in [6, 6.07) is 10.7. The summed E-state index contributed by atoms with van der Waals surface area (Å²) < 4.78 is 21.0. The van der Waals surface area contributed by atoms with Crippen LogP contribution in [0, 0.1) is 0 Å². The summed E-state index contributed by atoms with van der Waals surface area (Å²) in [4.78, 5) is 16.6. The summed E-state index contributed by atoms with van der Waals surface area (Å²) in [7, 11) is 1.61. The van der Waals surface area contributed by atoms with Crippen LogP contribution in [-0.2, 0) is 11.2 Å². The molecule has 0 atom stereocenters. The van der Waals surface area contributed by atoms with Gasteiger partial charge in [0.1, 0.15) is 5.75 Å². The predicted octanol–water partition coefficient (Wildman–Crippen LogP) is 3.02. The normalized spacial score (nSPS) is 12.0. The third kappa shape index (κ3) is 4.23. The second-order valence-corrected chi connectivity index (χ2v) is 6.43. The Morgan fingerprint density at radius 2 is 1.97 bits per heavy atom. The molecule has 9 heteroatoms. The topological polar surface area (TPSA) is 122 Å². The number of anilines is 2. The lowest BCUT2D eigenvalue weighted by Gasteiger charge is -2.09. The van der Waals surface area contributed by atoms with Crippen molar-refractivity contribution in [2.24, 2.45) is 0 Å². The lowest BCUT2D eigenvalue weighted by atomic mass is 10.2. The van der Waals surface area contributed by atoms with E-state index in [-0.39, 0.29) is 19.1 Å². The van der Waals surface area contributed by atoms with E-state index in [2.05, 4.69) is 15.5 Å². The van der Waals surface area contributed by atoms with Crippen molar-refractivity contribution in [1.29, 1.82) is 0 Å². The molecule has 0 bridgehead atoms. The Morgan fingerprint density at radius 1 is 1.21 bits per heavy atom. The molecule has 0 radical (unpaired) electrons. The Balaban J connectivity index is 1.29. The molecule has 3 N–H and O–H groups in total. The molecule has 2 aromatic carbocycles. The van der Waals surface area contributed by atoms with Gasteiger partial charge in [0.15, 0.2) is 11.5 Å². The van der Waals surface area contributed by atoms with Crippen LogP contribution in [0.15, 0.2) is 40.9 Å². The Hall–Kier alpha value is -3.75. The molecule has 0 fully saturated rings. The quantitative estimate of drug-likeness (QED) is 0.585. The third-order valence-electron chi connectivity index (χ3n) is 4.43. The van der Waals surface area contributed by atoms with Gasteiger partial charge in [0.2, 0.25) is 24.4 Å². The van der Waals surface area contributed by atoms with E-state index in [0.717, 1.165) is 11.3 Å². The fourth-order valence-electron chi connectivity index (χ4n) is 2.89. The van der Waals surface area contributed by atoms with Crippen molar-refractivity contribution in [2.75, 3.05) is 25.0 Å². The molecule has 150 valence electrons. The molecule has 0 aliphatic carbocycles. The molecular weight excluding hydrogens is 376 g/mol. The van der Waals surface area contributed by atoms with E-state index < -0.39 is 0 Å². The Bertz CT molecular complexity index is 1020. The molecule has 1 aliphatic heterocycles. The molecule has 9 nitrogen and oxygen atoms in total. The van der Waals surface area contributed by atoms with Gasteiger partial charge in [0.05, 0.1) is 18.5 Å². The summed E-state index contributed by atoms with van der Waals surface area (Å²) in [6.45, 7) is 0.148. The van der Waals surface area contributed by atoms with Gasteiger partial charge < -0.3 is 29.8 Å². The molecule has 1 amide bonds. The number of nitrogen functional groups attached to an aromatic ring is 1. The van der Waals surface area contributed by atoms with E-state index in [1.807, 2.05) is 24.3 Å². The number of nitrogens with zero attached hydrogens (tertiary/aromatic N) is 2. The highest BCUT2D eigenvalue weighted by Gasteiger charge is 2.17. The van der Waals surface area contributed by atoms with Gasteiger partial charge >= 0.3 is 0 Å². The molecule has 3 aromatic rings. The van der Waals surface area contributed by atoms with Crippen molar-refractivity contribution in [2.45, 2.75) is 19.3 Å². The number of hydrogen-bond donors (Lipinski definition) is 2. The van der Waals surface area contributed by atoms with Gasteiger partial charge in [0.25, 0.3) is 0 Å². The minimum Gasteiger partial charge on any atom is -0.497 e. The minimum atomic E-state index is -0.162. The van der Waals surface area contributed by atoms with E-state index in [1.54, 1.807) is 19.2 Å². The number of aryl methyl sites for hydroxylation is 1. The summed E-state index contributed by atoms with van der Waals surface area (Å²) in [5.41, 5.74) is 7.70. The maximum Gasteiger partial charge on any atom is 0.231 e. The van der Waals surface area contributed by atoms with Crippen molar-refractivity contribution >= 4 is 17.3 Å². The standard InChI is InChI=1S/C20H20N4O5/c1-26-13-7-5-12(6-8-13)20-23-19(29-24-20)4-2-3-18(25)22-15-10-17-16(9-14(15)21)27-11-28-17/h5-10H,2-4,11,21H2,1H3,(H,22,25). The first-order chi connectivity index (χ1) is 14.1. The van der Waals surface area contributed by atoms with Crippen LogP contribution in [0.2, 0.25) is 0 Å². The number of fused-ring (bicyclic) bond motifs is 1. The molecule has 1 aromatic heterocycles. The second-order valence-electron chi connectivity index (χ2n) is 6.43. The van der Waals surface area contributed by atoms with Crippen molar-refractivity contribution in [3.8, 4) is 28.6 Å². The maximum atomic E-state index is 12.2. The number of methoxy groups -OCH3 is 1. The number of nitrogens with two attached hydrogens (primary N) is 1. The lowest BCUT2D eigenvalue weighted by molar-refractivity contribution is -0.116. The van der Waals surface area contributed by atoms with Gasteiger partial charge in [-0.2, -0.15) is 4.98 Å². The van der Waals surface area contributed by atoms with E-state index in [0.29, 0.717) is 47.4 Å². The number of carbonyl (C=O) groups is 1. The number of aromatic nitrogens is 2. The molecule has 29 heavy (non-hydrogen) atoms. The van der Waals surface area contributed by atoms with Crippen molar-refractivity contribution in [3.63, 3.8) is 0 Å². The monoisotopic (exact) mass is 396 g/mol. The van der Waals surface area contributed by atoms with Crippen LogP contribution in [0.25, 0.3) is 11.4 Å². The summed E-state index contributed by atoms with van der Waals surface area (Å²) in [5, 5.41) is 6.77. The van der Waals surface area contributed by atoms with Gasteiger partial charge in [-0.3, -0.25) is 4.79 Å². The van der Waals surface area contributed by atoms with Crippen LogP contribution in [-0.4, -0.2) is 30.0 Å². The average Bonchev–Trinajstić information content (AvgIpc) is 3.37. The van der Waals surface area contributed by atoms with Gasteiger partial charge in [-0.25, -0.2) is 0 Å². The van der Waals surface area contributed by atoms with Gasteiger partial charge in [-0.15, -0.1) is 0 Å². The molecule has 2 heterocycles. The van der Waals surface area contributed by atoms with Crippen molar-refractivity contribution in [3.05, 3.63) is 42.3 Å². The fourth-order valence-corrected chi connectivity index (χ4v) is 2.89. The Labute approximate surface area is 166 Å². The molecule has 4 rings (SSSR count). The number of hydrogen-bond acceptors (Lipinski definition) is 8. The molecular formula is C20H20N4O5. The number of rotatable bonds is 7. The fraction of sp³-hybridized carbons (Fsp3) is 0.250. The SMILES string of the molecule is COc1ccc(-c2noc(CCCC(=O)Nc3cc4c(cc3N)OCO4)n2)cc1. The third-order valence-corrected chi connectivity index (χ3v) is 4.43. The van der Waals surface area contributed by atoms with E-state index in [1.165, 1.54) is 0 Å². The zero-order chi connectivity index (χ0) is 20.2. The van der Waals surface area contributed by atoms with Gasteiger partial charge in [-0.05, 0) is 30.7 Å². The summed E-state index contributed by atoms with van der Waals surface area (Å²) in [5.74, 6) is 2.71. The Kier molecular flexibility index (Phi) is 5.19.